The SMILES string of the molecule is CCC(C)C(N)C(=O)NC(C)C(=O)NC(CCC(N)=O)C(=O)NC(Cc1ccc(O)cc1)C(=O)O. The Hall–Kier alpha value is -3.67. The average Bonchev–Trinajstić information content (AvgIpc) is 2.80. The van der Waals surface area contributed by atoms with Gasteiger partial charge in [-0.25, -0.2) is 4.79 Å². The third-order valence-corrected chi connectivity index (χ3v) is 5.61. The van der Waals surface area contributed by atoms with Crippen molar-refractivity contribution in [3.8, 4) is 5.75 Å². The van der Waals surface area contributed by atoms with Gasteiger partial charge >= 0.3 is 5.97 Å². The number of hydrogen-bond acceptors (Lipinski definition) is 7. The standard InChI is InChI=1S/C23H35N5O7/c1-4-12(2)19(25)22(33)26-13(3)20(31)27-16(9-10-18(24)30)21(32)28-17(23(34)35)11-14-5-7-15(29)8-6-14/h5-8,12-13,16-17,19,29H,4,9-11,25H2,1-3H3,(H2,24,30)(H,26,33)(H,27,31)(H,28,32)(H,34,35). The summed E-state index contributed by atoms with van der Waals surface area (Å²) in [4.78, 5) is 60.7. The largest absolute Gasteiger partial charge is 0.508 e. The van der Waals surface area contributed by atoms with Crippen molar-refractivity contribution in [2.45, 2.75) is 70.6 Å². The maximum Gasteiger partial charge on any atom is 0.326 e. The lowest BCUT2D eigenvalue weighted by molar-refractivity contribution is -0.142. The van der Waals surface area contributed by atoms with Gasteiger partial charge in [0.2, 0.25) is 23.6 Å². The third-order valence-electron chi connectivity index (χ3n) is 5.61. The van der Waals surface area contributed by atoms with E-state index in [4.69, 9.17) is 11.5 Å². The summed E-state index contributed by atoms with van der Waals surface area (Å²) in [5.41, 5.74) is 11.6. The summed E-state index contributed by atoms with van der Waals surface area (Å²) >= 11 is 0. The fourth-order valence-corrected chi connectivity index (χ4v) is 3.08. The summed E-state index contributed by atoms with van der Waals surface area (Å²) in [7, 11) is 0. The highest BCUT2D eigenvalue weighted by Gasteiger charge is 2.29. The van der Waals surface area contributed by atoms with Crippen LogP contribution in [0.15, 0.2) is 24.3 Å². The Morgan fingerprint density at radius 2 is 1.49 bits per heavy atom. The van der Waals surface area contributed by atoms with Crippen LogP contribution < -0.4 is 27.4 Å². The number of amides is 4. The molecule has 0 saturated heterocycles. The van der Waals surface area contributed by atoms with Crippen LogP contribution in [-0.2, 0) is 30.4 Å². The van der Waals surface area contributed by atoms with Crippen LogP contribution in [0.1, 0.15) is 45.6 Å². The van der Waals surface area contributed by atoms with E-state index in [-0.39, 0.29) is 30.9 Å². The lowest BCUT2D eigenvalue weighted by Crippen LogP contribution is -2.57. The van der Waals surface area contributed by atoms with Crippen molar-refractivity contribution >= 4 is 29.6 Å². The average molecular weight is 494 g/mol. The van der Waals surface area contributed by atoms with E-state index in [0.717, 1.165) is 0 Å². The first-order valence-electron chi connectivity index (χ1n) is 11.3. The van der Waals surface area contributed by atoms with Crippen LogP contribution >= 0.6 is 0 Å². The Morgan fingerprint density at radius 1 is 0.914 bits per heavy atom. The number of carboxylic acid groups (broad SMARTS) is 1. The van der Waals surface area contributed by atoms with Crippen LogP contribution in [0.25, 0.3) is 0 Å². The second-order valence-corrected chi connectivity index (χ2v) is 8.48. The molecule has 0 bridgehead atoms. The molecule has 0 aliphatic carbocycles. The Morgan fingerprint density at radius 3 is 2.00 bits per heavy atom. The zero-order valence-corrected chi connectivity index (χ0v) is 20.1. The summed E-state index contributed by atoms with van der Waals surface area (Å²) in [5.74, 6) is -4.21. The topological polar surface area (TPSA) is 214 Å². The number of primary amides is 1. The van der Waals surface area contributed by atoms with Crippen LogP contribution in [0, 0.1) is 5.92 Å². The Balaban J connectivity index is 2.90. The maximum absolute atomic E-state index is 12.8. The number of benzene rings is 1. The number of aliphatic carboxylic acids is 1. The van der Waals surface area contributed by atoms with Crippen molar-refractivity contribution in [2.75, 3.05) is 0 Å². The van der Waals surface area contributed by atoms with E-state index in [1.807, 2.05) is 6.92 Å². The van der Waals surface area contributed by atoms with Gasteiger partial charge in [0.1, 0.15) is 23.9 Å². The fourth-order valence-electron chi connectivity index (χ4n) is 3.08. The van der Waals surface area contributed by atoms with Gasteiger partial charge in [0.25, 0.3) is 0 Å². The van der Waals surface area contributed by atoms with Crippen LogP contribution in [0.2, 0.25) is 0 Å². The minimum absolute atomic E-state index is 0.00482. The molecule has 5 unspecified atom stereocenters. The molecule has 5 atom stereocenters. The zero-order chi connectivity index (χ0) is 26.7. The molecule has 12 heteroatoms. The molecule has 0 aliphatic rings. The molecule has 4 amide bonds. The zero-order valence-electron chi connectivity index (χ0n) is 20.1. The van der Waals surface area contributed by atoms with E-state index in [9.17, 15) is 34.2 Å². The summed E-state index contributed by atoms with van der Waals surface area (Å²) in [6.07, 6.45) is 0.163. The number of hydrogen-bond donors (Lipinski definition) is 7. The number of nitrogens with two attached hydrogens (primary N) is 2. The van der Waals surface area contributed by atoms with E-state index in [2.05, 4.69) is 16.0 Å². The van der Waals surface area contributed by atoms with E-state index < -0.39 is 53.8 Å². The van der Waals surface area contributed by atoms with Crippen LogP contribution in [0.4, 0.5) is 0 Å². The fraction of sp³-hybridized carbons (Fsp3) is 0.522. The van der Waals surface area contributed by atoms with Gasteiger partial charge in [-0.1, -0.05) is 32.4 Å². The van der Waals surface area contributed by atoms with E-state index in [0.29, 0.717) is 12.0 Å². The molecule has 9 N–H and O–H groups in total. The third kappa shape index (κ3) is 10.0. The molecular formula is C23H35N5O7. The van der Waals surface area contributed by atoms with Gasteiger partial charge in [-0.15, -0.1) is 0 Å². The lowest BCUT2D eigenvalue weighted by Gasteiger charge is -2.24. The molecule has 1 aromatic rings. The van der Waals surface area contributed by atoms with Gasteiger partial charge in [0.15, 0.2) is 0 Å². The Kier molecular flexibility index (Phi) is 11.7. The molecule has 1 aromatic carbocycles. The number of rotatable bonds is 14. The highest BCUT2D eigenvalue weighted by Crippen LogP contribution is 2.12. The van der Waals surface area contributed by atoms with Crippen molar-refractivity contribution in [3.63, 3.8) is 0 Å². The van der Waals surface area contributed by atoms with Gasteiger partial charge in [-0.3, -0.25) is 19.2 Å². The van der Waals surface area contributed by atoms with Crippen molar-refractivity contribution in [1.82, 2.24) is 16.0 Å². The van der Waals surface area contributed by atoms with Gasteiger partial charge < -0.3 is 37.6 Å². The van der Waals surface area contributed by atoms with Crippen LogP contribution in [0.5, 0.6) is 5.75 Å². The lowest BCUT2D eigenvalue weighted by atomic mass is 9.99. The van der Waals surface area contributed by atoms with Crippen LogP contribution in [0.3, 0.4) is 0 Å². The second kappa shape index (κ2) is 13.9. The molecule has 194 valence electrons. The molecule has 0 fully saturated rings. The molecule has 0 aliphatic heterocycles. The molecule has 0 aromatic heterocycles. The first kappa shape index (κ1) is 29.4. The predicted molar refractivity (Wildman–Crippen MR) is 127 cm³/mol. The first-order valence-corrected chi connectivity index (χ1v) is 11.3. The van der Waals surface area contributed by atoms with Crippen molar-refractivity contribution in [2.24, 2.45) is 17.4 Å². The molecule has 12 nitrogen and oxygen atoms in total. The number of phenolic OH excluding ortho intramolecular Hbond substituents is 1. The Bertz CT molecular complexity index is 906. The summed E-state index contributed by atoms with van der Waals surface area (Å²) in [5, 5.41) is 26.2. The number of aromatic hydroxyl groups is 1. The smallest absolute Gasteiger partial charge is 0.326 e. The Labute approximate surface area is 203 Å². The minimum atomic E-state index is -1.34. The molecule has 0 saturated carbocycles. The van der Waals surface area contributed by atoms with Gasteiger partial charge in [-0.05, 0) is 37.0 Å². The minimum Gasteiger partial charge on any atom is -0.508 e. The quantitative estimate of drug-likeness (QED) is 0.172. The maximum atomic E-state index is 12.8. The van der Waals surface area contributed by atoms with Gasteiger partial charge in [0.05, 0.1) is 6.04 Å². The molecule has 0 heterocycles. The number of nitrogens with one attached hydrogen (secondary N) is 3. The normalized spacial score (nSPS) is 15.1. The second-order valence-electron chi connectivity index (χ2n) is 8.48. The summed E-state index contributed by atoms with van der Waals surface area (Å²) < 4.78 is 0. The van der Waals surface area contributed by atoms with Crippen molar-refractivity contribution in [3.05, 3.63) is 29.8 Å². The predicted octanol–water partition coefficient (Wildman–Crippen LogP) is -0.867. The van der Waals surface area contributed by atoms with Gasteiger partial charge in [-0.2, -0.15) is 0 Å². The van der Waals surface area contributed by atoms with Crippen LogP contribution in [-0.4, -0.2) is 64.0 Å². The van der Waals surface area contributed by atoms with E-state index in [1.54, 1.807) is 6.92 Å². The number of carbonyl (C=O) groups is 5. The van der Waals surface area contributed by atoms with E-state index >= 15 is 0 Å². The highest BCUT2D eigenvalue weighted by atomic mass is 16.4. The highest BCUT2D eigenvalue weighted by molar-refractivity contribution is 5.94. The number of carbonyl (C=O) groups excluding carboxylic acids is 4. The molecular weight excluding hydrogens is 458 g/mol. The van der Waals surface area contributed by atoms with Crippen molar-refractivity contribution < 1.29 is 34.2 Å². The first-order chi connectivity index (χ1) is 16.3. The molecule has 35 heavy (non-hydrogen) atoms. The molecule has 0 radical (unpaired) electrons. The monoisotopic (exact) mass is 493 g/mol. The summed E-state index contributed by atoms with van der Waals surface area (Å²) in [6.45, 7) is 5.09. The molecule has 0 spiro atoms. The number of carboxylic acids is 1. The van der Waals surface area contributed by atoms with Crippen molar-refractivity contribution in [1.29, 1.82) is 0 Å². The van der Waals surface area contributed by atoms with Gasteiger partial charge in [0, 0.05) is 12.8 Å². The number of phenols is 1. The summed E-state index contributed by atoms with van der Waals surface area (Å²) in [6, 6.07) is 1.30. The van der Waals surface area contributed by atoms with E-state index in [1.165, 1.54) is 31.2 Å². The molecule has 1 rings (SSSR count).